The average molecular weight is 379 g/mol. The number of nitrogens with one attached hydrogen (secondary N) is 1. The third-order valence-corrected chi connectivity index (χ3v) is 4.63. The Hall–Kier alpha value is -2.24. The van der Waals surface area contributed by atoms with E-state index in [0.29, 0.717) is 28.0 Å². The van der Waals surface area contributed by atoms with Crippen LogP contribution in [0.1, 0.15) is 6.42 Å². The Morgan fingerprint density at radius 3 is 2.60 bits per heavy atom. The van der Waals surface area contributed by atoms with Gasteiger partial charge < -0.3 is 15.0 Å². The molecule has 0 aromatic heterocycles. The van der Waals surface area contributed by atoms with E-state index in [9.17, 15) is 9.59 Å². The number of hydrogen-bond donors (Lipinski definition) is 1. The summed E-state index contributed by atoms with van der Waals surface area (Å²) in [7, 11) is 1.58. The van der Waals surface area contributed by atoms with Gasteiger partial charge in [-0.15, -0.1) is 0 Å². The number of rotatable bonds is 4. The molecule has 2 aromatic carbocycles. The lowest BCUT2D eigenvalue weighted by Crippen LogP contribution is -2.28. The smallest absolute Gasteiger partial charge is 0.229 e. The van der Waals surface area contributed by atoms with Crippen LogP contribution < -0.4 is 15.0 Å². The van der Waals surface area contributed by atoms with E-state index in [1.165, 1.54) is 0 Å². The second-order valence-electron chi connectivity index (χ2n) is 5.72. The molecule has 0 spiro atoms. The molecular weight excluding hydrogens is 363 g/mol. The Bertz CT molecular complexity index is 808. The minimum absolute atomic E-state index is 0.0949. The first-order valence-electron chi connectivity index (χ1n) is 7.68. The normalized spacial score (nSPS) is 16.8. The standard InChI is InChI=1S/C18H16Cl2N2O3/c1-25-14-5-3-13(4-6-14)22-10-11(8-17(22)23)18(24)21-16-9-12(19)2-7-15(16)20/h2-7,9,11H,8,10H2,1H3,(H,21,24)/t11-/m0/s1. The highest BCUT2D eigenvalue weighted by Crippen LogP contribution is 2.29. The van der Waals surface area contributed by atoms with Crippen molar-refractivity contribution < 1.29 is 14.3 Å². The number of methoxy groups -OCH3 is 1. The first-order valence-corrected chi connectivity index (χ1v) is 8.44. The Morgan fingerprint density at radius 1 is 1.20 bits per heavy atom. The van der Waals surface area contributed by atoms with E-state index in [0.717, 1.165) is 5.69 Å². The van der Waals surface area contributed by atoms with E-state index in [4.69, 9.17) is 27.9 Å². The van der Waals surface area contributed by atoms with Crippen molar-refractivity contribution in [2.45, 2.75) is 6.42 Å². The molecule has 0 saturated carbocycles. The van der Waals surface area contributed by atoms with Crippen LogP contribution in [-0.2, 0) is 9.59 Å². The van der Waals surface area contributed by atoms with Gasteiger partial charge in [0, 0.05) is 23.7 Å². The van der Waals surface area contributed by atoms with Gasteiger partial charge in [0.2, 0.25) is 11.8 Å². The third-order valence-electron chi connectivity index (χ3n) is 4.07. The molecule has 0 bridgehead atoms. The number of carbonyl (C=O) groups is 2. The zero-order chi connectivity index (χ0) is 18.0. The summed E-state index contributed by atoms with van der Waals surface area (Å²) in [6, 6.07) is 12.0. The lowest BCUT2D eigenvalue weighted by Gasteiger charge is -2.17. The summed E-state index contributed by atoms with van der Waals surface area (Å²) >= 11 is 12.0. The Morgan fingerprint density at radius 2 is 1.92 bits per heavy atom. The molecule has 1 aliphatic rings. The number of ether oxygens (including phenoxy) is 1. The van der Waals surface area contributed by atoms with Gasteiger partial charge in [-0.1, -0.05) is 23.2 Å². The molecule has 1 N–H and O–H groups in total. The van der Waals surface area contributed by atoms with Crippen LogP contribution in [0, 0.1) is 5.92 Å². The lowest BCUT2D eigenvalue weighted by molar-refractivity contribution is -0.122. The number of hydrogen-bond acceptors (Lipinski definition) is 3. The van der Waals surface area contributed by atoms with Crippen molar-refractivity contribution in [3.05, 3.63) is 52.5 Å². The molecule has 2 amide bonds. The highest BCUT2D eigenvalue weighted by molar-refractivity contribution is 6.35. The predicted octanol–water partition coefficient (Wildman–Crippen LogP) is 3.99. The van der Waals surface area contributed by atoms with Crippen molar-refractivity contribution in [2.75, 3.05) is 23.9 Å². The van der Waals surface area contributed by atoms with Crippen LogP contribution in [0.3, 0.4) is 0 Å². The third kappa shape index (κ3) is 3.89. The monoisotopic (exact) mass is 378 g/mol. The van der Waals surface area contributed by atoms with E-state index in [1.807, 2.05) is 0 Å². The van der Waals surface area contributed by atoms with Gasteiger partial charge in [0.05, 0.1) is 23.7 Å². The maximum absolute atomic E-state index is 12.5. The highest BCUT2D eigenvalue weighted by Gasteiger charge is 2.35. The van der Waals surface area contributed by atoms with Crippen molar-refractivity contribution in [3.8, 4) is 5.75 Å². The van der Waals surface area contributed by atoms with Crippen LogP contribution in [0.4, 0.5) is 11.4 Å². The Kier molecular flexibility index (Phi) is 5.16. The zero-order valence-corrected chi connectivity index (χ0v) is 15.0. The summed E-state index contributed by atoms with van der Waals surface area (Å²) in [6.45, 7) is 0.315. The number of halogens is 2. The first-order chi connectivity index (χ1) is 12.0. The van der Waals surface area contributed by atoms with E-state index in [-0.39, 0.29) is 18.2 Å². The van der Waals surface area contributed by atoms with Gasteiger partial charge in [-0.05, 0) is 42.5 Å². The quantitative estimate of drug-likeness (QED) is 0.874. The second kappa shape index (κ2) is 7.33. The molecule has 25 heavy (non-hydrogen) atoms. The van der Waals surface area contributed by atoms with E-state index in [2.05, 4.69) is 5.32 Å². The maximum Gasteiger partial charge on any atom is 0.229 e. The van der Waals surface area contributed by atoms with Crippen LogP contribution in [0.2, 0.25) is 10.0 Å². The number of benzene rings is 2. The molecule has 1 fully saturated rings. The molecule has 130 valence electrons. The van der Waals surface area contributed by atoms with Crippen LogP contribution in [0.5, 0.6) is 5.75 Å². The second-order valence-corrected chi connectivity index (χ2v) is 6.56. The fourth-order valence-electron chi connectivity index (χ4n) is 2.72. The summed E-state index contributed by atoms with van der Waals surface area (Å²) in [6.07, 6.45) is 0.149. The topological polar surface area (TPSA) is 58.6 Å². The molecule has 0 aliphatic carbocycles. The van der Waals surface area contributed by atoms with Crippen molar-refractivity contribution in [1.29, 1.82) is 0 Å². The van der Waals surface area contributed by atoms with Gasteiger partial charge in [-0.25, -0.2) is 0 Å². The van der Waals surface area contributed by atoms with Crippen molar-refractivity contribution >= 4 is 46.4 Å². The van der Waals surface area contributed by atoms with Crippen LogP contribution in [0.25, 0.3) is 0 Å². The molecule has 0 radical (unpaired) electrons. The molecule has 7 heteroatoms. The zero-order valence-electron chi connectivity index (χ0n) is 13.5. The Labute approximate surface area is 155 Å². The largest absolute Gasteiger partial charge is 0.497 e. The van der Waals surface area contributed by atoms with Crippen molar-refractivity contribution in [1.82, 2.24) is 0 Å². The molecular formula is C18H16Cl2N2O3. The molecule has 5 nitrogen and oxygen atoms in total. The van der Waals surface area contributed by atoms with Gasteiger partial charge in [0.25, 0.3) is 0 Å². The molecule has 0 unspecified atom stereocenters. The number of carbonyl (C=O) groups excluding carboxylic acids is 2. The maximum atomic E-state index is 12.5. The molecule has 1 aliphatic heterocycles. The summed E-state index contributed by atoms with van der Waals surface area (Å²) in [5, 5.41) is 3.62. The first kappa shape index (κ1) is 17.6. The fourth-order valence-corrected chi connectivity index (χ4v) is 3.06. The van der Waals surface area contributed by atoms with Gasteiger partial charge in [-0.3, -0.25) is 9.59 Å². The Balaban J connectivity index is 1.70. The molecule has 3 rings (SSSR count). The fraction of sp³-hybridized carbons (Fsp3) is 0.222. The van der Waals surface area contributed by atoms with E-state index >= 15 is 0 Å². The summed E-state index contributed by atoms with van der Waals surface area (Å²) in [5.74, 6) is -0.0963. The van der Waals surface area contributed by atoms with E-state index < -0.39 is 5.92 Å². The van der Waals surface area contributed by atoms with Gasteiger partial charge in [0.15, 0.2) is 0 Å². The van der Waals surface area contributed by atoms with Crippen LogP contribution in [0.15, 0.2) is 42.5 Å². The van der Waals surface area contributed by atoms with Crippen LogP contribution in [-0.4, -0.2) is 25.5 Å². The summed E-state index contributed by atoms with van der Waals surface area (Å²) < 4.78 is 5.11. The number of amides is 2. The lowest BCUT2D eigenvalue weighted by atomic mass is 10.1. The molecule has 1 saturated heterocycles. The number of anilines is 2. The number of nitrogens with zero attached hydrogens (tertiary/aromatic N) is 1. The van der Waals surface area contributed by atoms with Crippen molar-refractivity contribution in [2.24, 2.45) is 5.92 Å². The molecule has 2 aromatic rings. The summed E-state index contributed by atoms with van der Waals surface area (Å²) in [5.41, 5.74) is 1.18. The summed E-state index contributed by atoms with van der Waals surface area (Å²) in [4.78, 5) is 26.4. The minimum atomic E-state index is -0.454. The molecule has 1 heterocycles. The average Bonchev–Trinajstić information content (AvgIpc) is 3.00. The SMILES string of the molecule is COc1ccc(N2C[C@@H](C(=O)Nc3cc(Cl)ccc3Cl)CC2=O)cc1. The van der Waals surface area contributed by atoms with Gasteiger partial charge in [0.1, 0.15) is 5.75 Å². The predicted molar refractivity (Wildman–Crippen MR) is 98.5 cm³/mol. The van der Waals surface area contributed by atoms with Crippen molar-refractivity contribution in [3.63, 3.8) is 0 Å². The van der Waals surface area contributed by atoms with Gasteiger partial charge in [-0.2, -0.15) is 0 Å². The van der Waals surface area contributed by atoms with Gasteiger partial charge >= 0.3 is 0 Å². The molecule has 1 atom stereocenters. The highest BCUT2D eigenvalue weighted by atomic mass is 35.5. The van der Waals surface area contributed by atoms with E-state index in [1.54, 1.807) is 54.5 Å². The minimum Gasteiger partial charge on any atom is -0.497 e. The van der Waals surface area contributed by atoms with Crippen LogP contribution >= 0.6 is 23.2 Å².